The van der Waals surface area contributed by atoms with Crippen LogP contribution >= 0.6 is 0 Å². The van der Waals surface area contributed by atoms with Crippen LogP contribution in [0.1, 0.15) is 55.4 Å². The fraction of sp³-hybridized carbons (Fsp3) is 0.552. The molecule has 3 heterocycles. The number of likely N-dealkylation sites (tertiary alicyclic amines) is 2. The normalized spacial score (nSPS) is 24.7. The average molecular weight is 550 g/mol. The predicted octanol–water partition coefficient (Wildman–Crippen LogP) is 1.37. The molecule has 0 radical (unpaired) electrons. The first-order valence-electron chi connectivity index (χ1n) is 14.2. The minimum absolute atomic E-state index is 0.0154. The Morgan fingerprint density at radius 2 is 1.95 bits per heavy atom. The minimum Gasteiger partial charge on any atom is -0.496 e. The Hall–Kier alpha value is -3.89. The maximum atomic E-state index is 13.9. The summed E-state index contributed by atoms with van der Waals surface area (Å²) in [4.78, 5) is 72.3. The number of methoxy groups -OCH3 is 1. The van der Waals surface area contributed by atoms with Gasteiger partial charge in [-0.2, -0.15) is 0 Å². The van der Waals surface area contributed by atoms with E-state index >= 15 is 0 Å². The molecule has 4 fully saturated rings. The molecule has 4 unspecified atom stereocenters. The van der Waals surface area contributed by atoms with Crippen molar-refractivity contribution in [2.75, 3.05) is 26.7 Å². The largest absolute Gasteiger partial charge is 0.496 e. The van der Waals surface area contributed by atoms with Gasteiger partial charge in [0.2, 0.25) is 17.6 Å². The third-order valence-corrected chi connectivity index (χ3v) is 8.84. The third-order valence-electron chi connectivity index (χ3n) is 8.84. The maximum absolute atomic E-state index is 13.9. The molecule has 1 aromatic heterocycles. The third kappa shape index (κ3) is 4.93. The number of hydrogen-bond acceptors (Lipinski definition) is 6. The number of aromatic amines is 1. The van der Waals surface area contributed by atoms with Crippen molar-refractivity contribution in [1.82, 2.24) is 25.4 Å². The van der Waals surface area contributed by atoms with Gasteiger partial charge in [-0.25, -0.2) is 0 Å². The second-order valence-corrected chi connectivity index (χ2v) is 11.5. The van der Waals surface area contributed by atoms with Crippen molar-refractivity contribution in [3.05, 3.63) is 30.0 Å². The van der Waals surface area contributed by atoms with Crippen LogP contribution in [0.25, 0.3) is 10.9 Å². The lowest BCUT2D eigenvalue weighted by Crippen LogP contribution is -2.58. The van der Waals surface area contributed by atoms with E-state index in [1.807, 2.05) is 18.2 Å². The summed E-state index contributed by atoms with van der Waals surface area (Å²) in [6.45, 7) is 0.864. The Balaban J connectivity index is 1.25. The first kappa shape index (κ1) is 26.3. The van der Waals surface area contributed by atoms with Crippen LogP contribution in [0.4, 0.5) is 0 Å². The Kier molecular flexibility index (Phi) is 6.97. The molecule has 2 aromatic rings. The van der Waals surface area contributed by atoms with Crippen molar-refractivity contribution >= 4 is 40.3 Å². The smallest absolute Gasteiger partial charge is 0.289 e. The topological polar surface area (TPSA) is 141 Å². The van der Waals surface area contributed by atoms with E-state index in [0.29, 0.717) is 37.4 Å². The van der Waals surface area contributed by atoms with Crippen molar-refractivity contribution in [2.24, 2.45) is 11.8 Å². The fourth-order valence-electron chi connectivity index (χ4n) is 6.64. The molecule has 212 valence electrons. The molecule has 3 N–H and O–H groups in total. The summed E-state index contributed by atoms with van der Waals surface area (Å²) in [6, 6.07) is 5.30. The van der Waals surface area contributed by atoms with Crippen molar-refractivity contribution < 1.29 is 28.7 Å². The number of ether oxygens (including phenoxy) is 1. The zero-order valence-corrected chi connectivity index (χ0v) is 22.6. The number of carbonyl (C=O) groups is 5. The van der Waals surface area contributed by atoms with Crippen LogP contribution in [0.5, 0.6) is 5.75 Å². The van der Waals surface area contributed by atoms with Gasteiger partial charge in [0.25, 0.3) is 11.8 Å². The number of rotatable bonds is 9. The van der Waals surface area contributed by atoms with Gasteiger partial charge >= 0.3 is 0 Å². The molecule has 11 heteroatoms. The predicted molar refractivity (Wildman–Crippen MR) is 144 cm³/mol. The van der Waals surface area contributed by atoms with E-state index in [-0.39, 0.29) is 36.2 Å². The number of carbonyl (C=O) groups excluding carboxylic acids is 5. The highest BCUT2D eigenvalue weighted by atomic mass is 16.5. The number of hydrogen-bond donors (Lipinski definition) is 3. The molecule has 1 aromatic carbocycles. The number of benzene rings is 1. The van der Waals surface area contributed by atoms with Crippen LogP contribution in [-0.2, 0) is 19.2 Å². The zero-order valence-electron chi connectivity index (χ0n) is 22.6. The van der Waals surface area contributed by atoms with Crippen molar-refractivity contribution in [3.63, 3.8) is 0 Å². The molecule has 11 nitrogen and oxygen atoms in total. The lowest BCUT2D eigenvalue weighted by molar-refractivity contribution is -0.141. The van der Waals surface area contributed by atoms with Gasteiger partial charge in [0.15, 0.2) is 0 Å². The van der Waals surface area contributed by atoms with Crippen LogP contribution in [0.3, 0.4) is 0 Å². The number of H-pyrrole nitrogens is 1. The lowest BCUT2D eigenvalue weighted by Gasteiger charge is -2.30. The fourth-order valence-corrected chi connectivity index (χ4v) is 6.64. The van der Waals surface area contributed by atoms with E-state index in [1.165, 1.54) is 4.90 Å². The molecule has 2 saturated heterocycles. The molecule has 0 bridgehead atoms. The summed E-state index contributed by atoms with van der Waals surface area (Å²) < 4.78 is 5.44. The Morgan fingerprint density at radius 3 is 2.67 bits per heavy atom. The summed E-state index contributed by atoms with van der Waals surface area (Å²) in [5, 5.41) is 6.28. The SMILES string of the molecule is COc1cccc2[nH]c(C(=O)N3CC4CCCC4C3C(=O)NC(CN3CCCC3=O)C(=O)C(=O)NC3CC3)cc12. The molecule has 4 atom stereocenters. The van der Waals surface area contributed by atoms with E-state index in [4.69, 9.17) is 4.74 Å². The Labute approximate surface area is 232 Å². The summed E-state index contributed by atoms with van der Waals surface area (Å²) >= 11 is 0. The van der Waals surface area contributed by atoms with Gasteiger partial charge in [-0.05, 0) is 62.1 Å². The van der Waals surface area contributed by atoms with Crippen LogP contribution in [0, 0.1) is 11.8 Å². The number of nitrogens with one attached hydrogen (secondary N) is 3. The minimum atomic E-state index is -1.18. The number of ketones is 1. The summed E-state index contributed by atoms with van der Waals surface area (Å²) in [5.41, 5.74) is 1.11. The number of fused-ring (bicyclic) bond motifs is 2. The van der Waals surface area contributed by atoms with Gasteiger partial charge < -0.3 is 30.2 Å². The van der Waals surface area contributed by atoms with Crippen LogP contribution in [0.2, 0.25) is 0 Å². The molecular weight excluding hydrogens is 514 g/mol. The van der Waals surface area contributed by atoms with Crippen LogP contribution in [-0.4, -0.2) is 89.1 Å². The standard InChI is InChI=1S/C29H35N5O6/c1-40-23-8-3-7-20-19(23)13-21(31-20)29(39)34-14-16-5-2-6-18(16)25(34)27(37)32-22(15-33-12-4-9-24(33)35)26(36)28(38)30-17-10-11-17/h3,7-8,13,16-18,22,25,31H,2,4-6,9-12,14-15H2,1H3,(H,30,38)(H,32,37). The molecule has 0 spiro atoms. The van der Waals surface area contributed by atoms with Crippen molar-refractivity contribution in [3.8, 4) is 5.75 Å². The number of amides is 4. The highest BCUT2D eigenvalue weighted by molar-refractivity contribution is 6.38. The molecule has 6 rings (SSSR count). The summed E-state index contributed by atoms with van der Waals surface area (Å²) in [6.07, 6.45) is 5.40. The molecule has 4 amide bonds. The van der Waals surface area contributed by atoms with E-state index < -0.39 is 29.7 Å². The summed E-state index contributed by atoms with van der Waals surface area (Å²) in [5.74, 6) is -1.57. The molecule has 4 aliphatic rings. The van der Waals surface area contributed by atoms with Gasteiger partial charge in [0, 0.05) is 43.0 Å². The van der Waals surface area contributed by atoms with E-state index in [2.05, 4.69) is 15.6 Å². The molecule has 2 saturated carbocycles. The monoisotopic (exact) mass is 549 g/mol. The molecule has 2 aliphatic heterocycles. The molecule has 40 heavy (non-hydrogen) atoms. The van der Waals surface area contributed by atoms with Crippen molar-refractivity contribution in [1.29, 1.82) is 0 Å². The number of aromatic nitrogens is 1. The van der Waals surface area contributed by atoms with Gasteiger partial charge in [-0.15, -0.1) is 0 Å². The quantitative estimate of drug-likeness (QED) is 0.404. The van der Waals surface area contributed by atoms with E-state index in [0.717, 1.165) is 43.0 Å². The second-order valence-electron chi connectivity index (χ2n) is 11.5. The lowest BCUT2D eigenvalue weighted by atomic mass is 9.93. The van der Waals surface area contributed by atoms with Crippen molar-refractivity contribution in [2.45, 2.75) is 63.1 Å². The molecule has 2 aliphatic carbocycles. The molecular formula is C29H35N5O6. The van der Waals surface area contributed by atoms with Gasteiger partial charge in [0.05, 0.1) is 7.11 Å². The highest BCUT2D eigenvalue weighted by Gasteiger charge is 2.50. The van der Waals surface area contributed by atoms with E-state index in [9.17, 15) is 24.0 Å². The first-order chi connectivity index (χ1) is 19.3. The van der Waals surface area contributed by atoms with E-state index in [1.54, 1.807) is 18.1 Å². The van der Waals surface area contributed by atoms with Gasteiger partial charge in [0.1, 0.15) is 23.5 Å². The number of nitrogens with zero attached hydrogens (tertiary/aromatic N) is 2. The Bertz CT molecular complexity index is 1370. The van der Waals surface area contributed by atoms with Gasteiger partial charge in [-0.3, -0.25) is 24.0 Å². The average Bonchev–Trinajstić information content (AvgIpc) is 3.30. The number of Topliss-reactive ketones (excluding diaryl/α,β-unsaturated/α-hetero) is 1. The maximum Gasteiger partial charge on any atom is 0.289 e. The second kappa shape index (κ2) is 10.6. The summed E-state index contributed by atoms with van der Waals surface area (Å²) in [7, 11) is 1.57. The zero-order chi connectivity index (χ0) is 28.0. The first-order valence-corrected chi connectivity index (χ1v) is 14.2. The Morgan fingerprint density at radius 1 is 1.12 bits per heavy atom. The van der Waals surface area contributed by atoms with Gasteiger partial charge in [-0.1, -0.05) is 12.5 Å². The van der Waals surface area contributed by atoms with Crippen LogP contribution in [0.15, 0.2) is 24.3 Å². The highest BCUT2D eigenvalue weighted by Crippen LogP contribution is 2.43. The van der Waals surface area contributed by atoms with Crippen LogP contribution < -0.4 is 15.4 Å².